The average molecular weight is 208 g/mol. The number of carboxylic acids is 1. The zero-order chi connectivity index (χ0) is 11.0. The third-order valence-electron chi connectivity index (χ3n) is 1.88. The Bertz CT molecular complexity index is 512. The van der Waals surface area contributed by atoms with Gasteiger partial charge in [0.15, 0.2) is 0 Å². The second kappa shape index (κ2) is 3.23. The molecule has 0 spiro atoms. The lowest BCUT2D eigenvalue weighted by atomic mass is 10.2. The van der Waals surface area contributed by atoms with Gasteiger partial charge in [-0.05, 0) is 19.9 Å². The smallest absolute Gasteiger partial charge is 0.393 e. The van der Waals surface area contributed by atoms with Crippen molar-refractivity contribution < 1.29 is 18.7 Å². The van der Waals surface area contributed by atoms with E-state index >= 15 is 0 Å². The van der Waals surface area contributed by atoms with Crippen molar-refractivity contribution in [3.63, 3.8) is 0 Å². The van der Waals surface area contributed by atoms with Crippen LogP contribution < -0.4 is 0 Å². The van der Waals surface area contributed by atoms with E-state index in [4.69, 9.17) is 13.9 Å². The lowest BCUT2D eigenvalue weighted by molar-refractivity contribution is 0.0654. The van der Waals surface area contributed by atoms with Crippen LogP contribution in [0.5, 0.6) is 0 Å². The van der Waals surface area contributed by atoms with E-state index in [0.29, 0.717) is 17.1 Å². The first-order valence-corrected chi connectivity index (χ1v) is 4.22. The van der Waals surface area contributed by atoms with Crippen molar-refractivity contribution in [2.24, 2.45) is 0 Å². The van der Waals surface area contributed by atoms with E-state index in [1.807, 2.05) is 0 Å². The van der Waals surface area contributed by atoms with Crippen molar-refractivity contribution in [2.75, 3.05) is 0 Å². The van der Waals surface area contributed by atoms with Gasteiger partial charge in [-0.15, -0.1) is 10.2 Å². The first-order valence-electron chi connectivity index (χ1n) is 4.22. The number of hydrogen-bond donors (Lipinski definition) is 1. The molecule has 2 heterocycles. The average Bonchev–Trinajstić information content (AvgIpc) is 2.71. The van der Waals surface area contributed by atoms with Crippen molar-refractivity contribution >= 4 is 5.97 Å². The highest BCUT2D eigenvalue weighted by Crippen LogP contribution is 2.25. The standard InChI is InChI=1S/C9H8N2O4/c1-4-3-6(5(2)14-4)7-10-11-8(15-7)9(12)13/h3H,1-2H3,(H,12,13). The predicted octanol–water partition coefficient (Wildman–Crippen LogP) is 1.64. The summed E-state index contributed by atoms with van der Waals surface area (Å²) in [5, 5.41) is 15.6. The van der Waals surface area contributed by atoms with Gasteiger partial charge in [0.05, 0.1) is 5.56 Å². The van der Waals surface area contributed by atoms with Crippen LogP contribution in [0.3, 0.4) is 0 Å². The molecule has 0 unspecified atom stereocenters. The molecular weight excluding hydrogens is 200 g/mol. The first-order chi connectivity index (χ1) is 7.08. The fourth-order valence-electron chi connectivity index (χ4n) is 1.26. The fraction of sp³-hybridized carbons (Fsp3) is 0.222. The molecule has 0 atom stereocenters. The Morgan fingerprint density at radius 1 is 1.33 bits per heavy atom. The Hall–Kier alpha value is -2.11. The number of aromatic nitrogens is 2. The summed E-state index contributed by atoms with van der Waals surface area (Å²) in [5.41, 5.74) is 0.618. The van der Waals surface area contributed by atoms with Crippen molar-refractivity contribution in [1.29, 1.82) is 0 Å². The monoisotopic (exact) mass is 208 g/mol. The van der Waals surface area contributed by atoms with E-state index in [0.717, 1.165) is 0 Å². The van der Waals surface area contributed by atoms with Crippen LogP contribution in [0.2, 0.25) is 0 Å². The quantitative estimate of drug-likeness (QED) is 0.806. The molecule has 0 fully saturated rings. The topological polar surface area (TPSA) is 89.4 Å². The van der Waals surface area contributed by atoms with Gasteiger partial charge in [0.2, 0.25) is 0 Å². The molecule has 0 aromatic carbocycles. The molecule has 0 saturated carbocycles. The number of furan rings is 1. The highest BCUT2D eigenvalue weighted by Gasteiger charge is 2.17. The number of hydrogen-bond acceptors (Lipinski definition) is 5. The lowest BCUT2D eigenvalue weighted by Gasteiger charge is -1.88. The molecule has 0 amide bonds. The second-order valence-corrected chi connectivity index (χ2v) is 3.04. The van der Waals surface area contributed by atoms with Crippen LogP contribution in [0.25, 0.3) is 11.5 Å². The van der Waals surface area contributed by atoms with E-state index in [2.05, 4.69) is 10.2 Å². The van der Waals surface area contributed by atoms with Gasteiger partial charge >= 0.3 is 11.9 Å². The lowest BCUT2D eigenvalue weighted by Crippen LogP contribution is -1.95. The summed E-state index contributed by atoms with van der Waals surface area (Å²) in [6.45, 7) is 3.53. The minimum absolute atomic E-state index is 0.154. The van der Waals surface area contributed by atoms with Crippen LogP contribution in [0.15, 0.2) is 14.9 Å². The number of aromatic carboxylic acids is 1. The molecule has 2 rings (SSSR count). The molecule has 0 aliphatic rings. The van der Waals surface area contributed by atoms with E-state index in [9.17, 15) is 4.79 Å². The number of carboxylic acid groups (broad SMARTS) is 1. The third kappa shape index (κ3) is 1.61. The van der Waals surface area contributed by atoms with E-state index < -0.39 is 11.9 Å². The van der Waals surface area contributed by atoms with Gasteiger partial charge in [-0.25, -0.2) is 4.79 Å². The maximum atomic E-state index is 10.5. The minimum Gasteiger partial charge on any atom is -0.474 e. The van der Waals surface area contributed by atoms with Gasteiger partial charge in [-0.2, -0.15) is 0 Å². The molecule has 15 heavy (non-hydrogen) atoms. The minimum atomic E-state index is -1.24. The Kier molecular flexibility index (Phi) is 2.03. The summed E-state index contributed by atoms with van der Waals surface area (Å²) >= 11 is 0. The zero-order valence-corrected chi connectivity index (χ0v) is 8.14. The molecule has 78 valence electrons. The summed E-state index contributed by atoms with van der Waals surface area (Å²) in [6.07, 6.45) is 0. The van der Waals surface area contributed by atoms with Gasteiger partial charge in [-0.1, -0.05) is 0 Å². The molecule has 0 bridgehead atoms. The first kappa shape index (κ1) is 9.45. The van der Waals surface area contributed by atoms with Gasteiger partial charge in [-0.3, -0.25) is 0 Å². The highest BCUT2D eigenvalue weighted by atomic mass is 16.4. The summed E-state index contributed by atoms with van der Waals surface area (Å²) < 4.78 is 10.2. The van der Waals surface area contributed by atoms with Gasteiger partial charge in [0, 0.05) is 0 Å². The van der Waals surface area contributed by atoms with Gasteiger partial charge < -0.3 is 13.9 Å². The second-order valence-electron chi connectivity index (χ2n) is 3.04. The SMILES string of the molecule is Cc1cc(-c2nnc(C(=O)O)o2)c(C)o1. The van der Waals surface area contributed by atoms with E-state index in [-0.39, 0.29) is 5.89 Å². The molecule has 6 nitrogen and oxygen atoms in total. The maximum absolute atomic E-state index is 10.5. The number of rotatable bonds is 2. The van der Waals surface area contributed by atoms with Crippen molar-refractivity contribution in [1.82, 2.24) is 10.2 Å². The Morgan fingerprint density at radius 2 is 2.07 bits per heavy atom. The van der Waals surface area contributed by atoms with Crippen LogP contribution in [0.4, 0.5) is 0 Å². The number of carbonyl (C=O) groups is 1. The van der Waals surface area contributed by atoms with Crippen LogP contribution in [-0.2, 0) is 0 Å². The molecule has 6 heteroatoms. The maximum Gasteiger partial charge on any atom is 0.393 e. The Balaban J connectivity index is 2.45. The molecular formula is C9H8N2O4. The number of aryl methyl sites for hydroxylation is 2. The van der Waals surface area contributed by atoms with Crippen molar-refractivity contribution in [3.8, 4) is 11.5 Å². The molecule has 0 radical (unpaired) electrons. The highest BCUT2D eigenvalue weighted by molar-refractivity contribution is 5.82. The van der Waals surface area contributed by atoms with E-state index in [1.54, 1.807) is 19.9 Å². The molecule has 1 N–H and O–H groups in total. The number of nitrogens with zero attached hydrogens (tertiary/aromatic N) is 2. The van der Waals surface area contributed by atoms with Crippen LogP contribution >= 0.6 is 0 Å². The normalized spacial score (nSPS) is 10.5. The Labute approximate surface area is 84.5 Å². The van der Waals surface area contributed by atoms with Gasteiger partial charge in [0.25, 0.3) is 5.89 Å². The largest absolute Gasteiger partial charge is 0.474 e. The molecule has 0 aliphatic carbocycles. The van der Waals surface area contributed by atoms with Crippen LogP contribution in [0, 0.1) is 13.8 Å². The summed E-state index contributed by atoms with van der Waals surface area (Å²) in [4.78, 5) is 10.5. The van der Waals surface area contributed by atoms with Gasteiger partial charge in [0.1, 0.15) is 11.5 Å². The molecule has 2 aromatic rings. The Morgan fingerprint density at radius 3 is 2.53 bits per heavy atom. The molecule has 2 aromatic heterocycles. The predicted molar refractivity (Wildman–Crippen MR) is 48.4 cm³/mol. The molecule has 0 saturated heterocycles. The fourth-order valence-corrected chi connectivity index (χ4v) is 1.26. The summed E-state index contributed by atoms with van der Waals surface area (Å²) in [5.74, 6) is -0.192. The van der Waals surface area contributed by atoms with Crippen LogP contribution in [-0.4, -0.2) is 21.3 Å². The van der Waals surface area contributed by atoms with Crippen LogP contribution in [0.1, 0.15) is 22.2 Å². The van der Waals surface area contributed by atoms with Crippen molar-refractivity contribution in [3.05, 3.63) is 23.5 Å². The zero-order valence-electron chi connectivity index (χ0n) is 8.14. The van der Waals surface area contributed by atoms with E-state index in [1.165, 1.54) is 0 Å². The summed E-state index contributed by atoms with van der Waals surface area (Å²) in [7, 11) is 0. The summed E-state index contributed by atoms with van der Waals surface area (Å²) in [6, 6.07) is 1.72. The molecule has 0 aliphatic heterocycles. The third-order valence-corrected chi connectivity index (χ3v) is 1.88. The van der Waals surface area contributed by atoms with Crippen molar-refractivity contribution in [2.45, 2.75) is 13.8 Å².